The number of amides is 2. The number of halogens is 1. The van der Waals surface area contributed by atoms with Crippen LogP contribution in [-0.4, -0.2) is 48.9 Å². The molecule has 0 unspecified atom stereocenters. The van der Waals surface area contributed by atoms with Crippen LogP contribution in [0.1, 0.15) is 35.7 Å². The standard InChI is InChI=1S/C31H31ClN6O3/c1-4-41-28-17-26-23(16-27(28)36-29(39)11-8-14-38(2)3)30(21(18-33)19-34-26)35-22-12-13-25(24(32)15-22)37-31(40)20-9-6-5-7-10-20/h5-7,9-10,12-13,15-17,19H,4,8,11,14H2,1-3H3,(H,34,35)(H,36,39)(H,37,40). The Kier molecular flexibility index (Phi) is 9.74. The summed E-state index contributed by atoms with van der Waals surface area (Å²) in [5, 5.41) is 19.8. The number of pyridine rings is 1. The van der Waals surface area contributed by atoms with Crippen molar-refractivity contribution >= 4 is 57.1 Å². The number of ether oxygens (including phenoxy) is 1. The number of benzene rings is 3. The first kappa shape index (κ1) is 29.3. The topological polar surface area (TPSA) is 119 Å². The summed E-state index contributed by atoms with van der Waals surface area (Å²) >= 11 is 6.52. The largest absolute Gasteiger partial charge is 0.492 e. The molecule has 1 heterocycles. The molecule has 2 amide bonds. The van der Waals surface area contributed by atoms with E-state index in [1.807, 2.05) is 32.0 Å². The van der Waals surface area contributed by atoms with Crippen LogP contribution in [0.3, 0.4) is 0 Å². The van der Waals surface area contributed by atoms with Gasteiger partial charge >= 0.3 is 0 Å². The van der Waals surface area contributed by atoms with Crippen LogP contribution >= 0.6 is 11.6 Å². The van der Waals surface area contributed by atoms with E-state index in [2.05, 4.69) is 27.0 Å². The Labute approximate surface area is 244 Å². The minimum absolute atomic E-state index is 0.133. The van der Waals surface area contributed by atoms with E-state index in [-0.39, 0.29) is 11.8 Å². The lowest BCUT2D eigenvalue weighted by molar-refractivity contribution is -0.116. The average Bonchev–Trinajstić information content (AvgIpc) is 2.95. The van der Waals surface area contributed by atoms with Crippen LogP contribution in [0.2, 0.25) is 5.02 Å². The van der Waals surface area contributed by atoms with E-state index >= 15 is 0 Å². The molecule has 41 heavy (non-hydrogen) atoms. The van der Waals surface area contributed by atoms with E-state index < -0.39 is 0 Å². The molecule has 4 rings (SSSR count). The van der Waals surface area contributed by atoms with Gasteiger partial charge in [0.1, 0.15) is 11.8 Å². The first-order chi connectivity index (χ1) is 19.8. The van der Waals surface area contributed by atoms with Gasteiger partial charge in [-0.05, 0) is 70.4 Å². The number of nitrogens with zero attached hydrogens (tertiary/aromatic N) is 3. The summed E-state index contributed by atoms with van der Waals surface area (Å²) in [6, 6.07) is 19.6. The van der Waals surface area contributed by atoms with Crippen molar-refractivity contribution in [2.45, 2.75) is 19.8 Å². The number of rotatable bonds is 11. The van der Waals surface area contributed by atoms with Crippen LogP contribution in [-0.2, 0) is 4.79 Å². The summed E-state index contributed by atoms with van der Waals surface area (Å²) < 4.78 is 5.80. The zero-order chi connectivity index (χ0) is 29.4. The second-order valence-electron chi connectivity index (χ2n) is 9.55. The van der Waals surface area contributed by atoms with Gasteiger partial charge in [-0.25, -0.2) is 0 Å². The number of anilines is 4. The van der Waals surface area contributed by atoms with Crippen molar-refractivity contribution in [2.24, 2.45) is 0 Å². The highest BCUT2D eigenvalue weighted by Gasteiger charge is 2.16. The van der Waals surface area contributed by atoms with Gasteiger partial charge in [-0.15, -0.1) is 0 Å². The second kappa shape index (κ2) is 13.6. The number of nitriles is 1. The normalized spacial score (nSPS) is 10.7. The fraction of sp³-hybridized carbons (Fsp3) is 0.226. The van der Waals surface area contributed by atoms with Gasteiger partial charge < -0.3 is 25.6 Å². The van der Waals surface area contributed by atoms with E-state index in [0.717, 1.165) is 6.54 Å². The van der Waals surface area contributed by atoms with Gasteiger partial charge in [0, 0.05) is 35.3 Å². The van der Waals surface area contributed by atoms with Crippen LogP contribution in [0.5, 0.6) is 5.75 Å². The van der Waals surface area contributed by atoms with Crippen molar-refractivity contribution < 1.29 is 14.3 Å². The fourth-order valence-electron chi connectivity index (χ4n) is 4.20. The molecule has 9 nitrogen and oxygen atoms in total. The zero-order valence-electron chi connectivity index (χ0n) is 23.1. The van der Waals surface area contributed by atoms with Gasteiger partial charge in [-0.2, -0.15) is 5.26 Å². The van der Waals surface area contributed by atoms with Crippen LogP contribution < -0.4 is 20.7 Å². The molecule has 4 aromatic rings. The number of aromatic nitrogens is 1. The first-order valence-electron chi connectivity index (χ1n) is 13.2. The molecule has 3 aromatic carbocycles. The first-order valence-corrected chi connectivity index (χ1v) is 13.5. The Balaban J connectivity index is 1.64. The van der Waals surface area contributed by atoms with Crippen molar-refractivity contribution in [1.82, 2.24) is 9.88 Å². The van der Waals surface area contributed by atoms with Crippen LogP contribution in [0.4, 0.5) is 22.7 Å². The number of fused-ring (bicyclic) bond motifs is 1. The van der Waals surface area contributed by atoms with Gasteiger partial charge in [0.25, 0.3) is 5.91 Å². The van der Waals surface area contributed by atoms with Crippen LogP contribution in [0.15, 0.2) is 66.9 Å². The highest BCUT2D eigenvalue weighted by molar-refractivity contribution is 6.34. The molecule has 0 bridgehead atoms. The lowest BCUT2D eigenvalue weighted by Gasteiger charge is -2.17. The molecule has 10 heteroatoms. The predicted molar refractivity (Wildman–Crippen MR) is 163 cm³/mol. The van der Waals surface area contributed by atoms with E-state index in [4.69, 9.17) is 16.3 Å². The van der Waals surface area contributed by atoms with E-state index in [9.17, 15) is 14.9 Å². The molecule has 1 aromatic heterocycles. The molecular formula is C31H31ClN6O3. The number of nitrogens with one attached hydrogen (secondary N) is 3. The molecule has 0 aliphatic heterocycles. The highest BCUT2D eigenvalue weighted by atomic mass is 35.5. The Hall–Kier alpha value is -4.65. The molecule has 0 saturated heterocycles. The van der Waals surface area contributed by atoms with Crippen LogP contribution in [0, 0.1) is 11.3 Å². The SMILES string of the molecule is CCOc1cc2ncc(C#N)c(Nc3ccc(NC(=O)c4ccccc4)c(Cl)c3)c2cc1NC(=O)CCCN(C)C. The quantitative estimate of drug-likeness (QED) is 0.190. The Morgan fingerprint density at radius 1 is 1.05 bits per heavy atom. The fourth-order valence-corrected chi connectivity index (χ4v) is 4.43. The molecular weight excluding hydrogens is 540 g/mol. The van der Waals surface area contributed by atoms with E-state index in [1.165, 1.54) is 6.20 Å². The van der Waals surface area contributed by atoms with Gasteiger partial charge in [0.2, 0.25) is 5.91 Å². The molecule has 0 saturated carbocycles. The maximum absolute atomic E-state index is 12.7. The minimum Gasteiger partial charge on any atom is -0.492 e. The monoisotopic (exact) mass is 570 g/mol. The number of carbonyl (C=O) groups is 2. The maximum atomic E-state index is 12.7. The van der Waals surface area contributed by atoms with E-state index in [0.29, 0.717) is 75.0 Å². The summed E-state index contributed by atoms with van der Waals surface area (Å²) in [4.78, 5) is 31.8. The molecule has 3 N–H and O–H groups in total. The molecule has 0 spiro atoms. The highest BCUT2D eigenvalue weighted by Crippen LogP contribution is 2.37. The third-order valence-corrected chi connectivity index (χ3v) is 6.51. The smallest absolute Gasteiger partial charge is 0.255 e. The second-order valence-corrected chi connectivity index (χ2v) is 9.96. The third-order valence-electron chi connectivity index (χ3n) is 6.20. The van der Waals surface area contributed by atoms with Crippen molar-refractivity contribution in [2.75, 3.05) is 43.2 Å². The molecule has 0 aliphatic rings. The summed E-state index contributed by atoms with van der Waals surface area (Å²) in [6.45, 7) is 3.06. The van der Waals surface area contributed by atoms with Gasteiger partial charge in [0.05, 0.1) is 39.8 Å². The van der Waals surface area contributed by atoms with Crippen molar-refractivity contribution in [3.05, 3.63) is 83.0 Å². The number of hydrogen-bond acceptors (Lipinski definition) is 7. The zero-order valence-corrected chi connectivity index (χ0v) is 23.9. The van der Waals surface area contributed by atoms with Crippen molar-refractivity contribution in [1.29, 1.82) is 5.26 Å². The molecule has 0 aliphatic carbocycles. The van der Waals surface area contributed by atoms with Gasteiger partial charge in [-0.1, -0.05) is 29.8 Å². The third kappa shape index (κ3) is 7.51. The van der Waals surface area contributed by atoms with Crippen molar-refractivity contribution in [3.63, 3.8) is 0 Å². The van der Waals surface area contributed by atoms with Gasteiger partial charge in [-0.3, -0.25) is 14.6 Å². The lowest BCUT2D eigenvalue weighted by Crippen LogP contribution is -2.17. The average molecular weight is 571 g/mol. The van der Waals surface area contributed by atoms with E-state index in [1.54, 1.807) is 54.6 Å². The number of hydrogen-bond donors (Lipinski definition) is 3. The van der Waals surface area contributed by atoms with Crippen molar-refractivity contribution in [3.8, 4) is 11.8 Å². The summed E-state index contributed by atoms with van der Waals surface area (Å²) in [5.41, 5.74) is 3.44. The maximum Gasteiger partial charge on any atom is 0.255 e. The Bertz CT molecular complexity index is 1600. The predicted octanol–water partition coefficient (Wildman–Crippen LogP) is 6.43. The minimum atomic E-state index is -0.276. The summed E-state index contributed by atoms with van der Waals surface area (Å²) in [7, 11) is 3.93. The van der Waals surface area contributed by atoms with Crippen LogP contribution in [0.25, 0.3) is 10.9 Å². The lowest BCUT2D eigenvalue weighted by atomic mass is 10.1. The number of carbonyl (C=O) groups excluding carboxylic acids is 2. The Morgan fingerprint density at radius 3 is 2.51 bits per heavy atom. The summed E-state index contributed by atoms with van der Waals surface area (Å²) in [6.07, 6.45) is 2.55. The molecule has 0 fully saturated rings. The molecule has 0 radical (unpaired) electrons. The van der Waals surface area contributed by atoms with Gasteiger partial charge in [0.15, 0.2) is 0 Å². The summed E-state index contributed by atoms with van der Waals surface area (Å²) in [5.74, 6) is 0.0816. The molecule has 0 atom stereocenters. The Morgan fingerprint density at radius 2 is 1.83 bits per heavy atom. The molecule has 210 valence electrons.